The van der Waals surface area contributed by atoms with Crippen LogP contribution in [0.1, 0.15) is 23.6 Å². The monoisotopic (exact) mass is 358 g/mol. The molecule has 5 heteroatoms. The largest absolute Gasteiger partial charge is 0.497 e. The van der Waals surface area contributed by atoms with Gasteiger partial charge < -0.3 is 20.3 Å². The molecule has 0 bridgehead atoms. The van der Waals surface area contributed by atoms with Gasteiger partial charge in [0, 0.05) is 13.0 Å². The second-order valence-electron chi connectivity index (χ2n) is 6.33. The third-order valence-corrected chi connectivity index (χ3v) is 4.26. The van der Waals surface area contributed by atoms with Gasteiger partial charge in [-0.2, -0.15) is 0 Å². The predicted octanol–water partition coefficient (Wildman–Crippen LogP) is 1.78. The summed E-state index contributed by atoms with van der Waals surface area (Å²) in [5.41, 5.74) is 2.32. The van der Waals surface area contributed by atoms with Crippen LogP contribution in [0.2, 0.25) is 0 Å². The van der Waals surface area contributed by atoms with Crippen LogP contribution in [0.4, 0.5) is 0 Å². The van der Waals surface area contributed by atoms with Crippen molar-refractivity contribution in [2.24, 2.45) is 0 Å². The molecule has 0 unspecified atom stereocenters. The fraction of sp³-hybridized carbons (Fsp3) is 0.350. The molecule has 4 nitrogen and oxygen atoms in total. The zero-order valence-corrected chi connectivity index (χ0v) is 16.0. The summed E-state index contributed by atoms with van der Waals surface area (Å²) in [5.74, 6) is 0.849. The maximum Gasteiger partial charge on any atom is 0.167 e. The van der Waals surface area contributed by atoms with Gasteiger partial charge in [-0.1, -0.05) is 42.5 Å². The standard InChI is InChI=1S/C20H27N3OS/c1-23(2)15-7-14-21-20(25)22-19(16-8-5-4-6-9-16)17-10-12-18(24-3)13-11-17/h4-6,8-13,19H,7,14-15H2,1-3H3,(H2,21,22,25)/p+1/t19-/m0/s1. The highest BCUT2D eigenvalue weighted by Crippen LogP contribution is 2.24. The number of quaternary nitrogens is 1. The summed E-state index contributed by atoms with van der Waals surface area (Å²) >= 11 is 5.50. The molecule has 0 aliphatic carbocycles. The molecule has 0 fully saturated rings. The topological polar surface area (TPSA) is 37.7 Å². The lowest BCUT2D eigenvalue weighted by Crippen LogP contribution is -3.05. The van der Waals surface area contributed by atoms with Crippen molar-refractivity contribution in [2.75, 3.05) is 34.3 Å². The summed E-state index contributed by atoms with van der Waals surface area (Å²) in [6, 6.07) is 18.4. The van der Waals surface area contributed by atoms with Crippen LogP contribution in [-0.4, -0.2) is 39.4 Å². The molecule has 2 rings (SSSR count). The van der Waals surface area contributed by atoms with Crippen LogP contribution in [0.5, 0.6) is 5.75 Å². The molecule has 134 valence electrons. The Hall–Kier alpha value is -2.11. The van der Waals surface area contributed by atoms with E-state index in [9.17, 15) is 0 Å². The van der Waals surface area contributed by atoms with Gasteiger partial charge in [-0.15, -0.1) is 0 Å². The van der Waals surface area contributed by atoms with Gasteiger partial charge in [0.25, 0.3) is 0 Å². The first kappa shape index (κ1) is 19.2. The molecule has 2 aromatic rings. The first-order chi connectivity index (χ1) is 12.1. The third-order valence-electron chi connectivity index (χ3n) is 4.00. The second kappa shape index (κ2) is 10.0. The quantitative estimate of drug-likeness (QED) is 0.497. The fourth-order valence-electron chi connectivity index (χ4n) is 2.63. The fourth-order valence-corrected chi connectivity index (χ4v) is 2.85. The van der Waals surface area contributed by atoms with Gasteiger partial charge in [-0.05, 0) is 35.5 Å². The van der Waals surface area contributed by atoms with E-state index in [1.165, 1.54) is 10.5 Å². The molecule has 0 saturated heterocycles. The maximum absolute atomic E-state index is 5.50. The van der Waals surface area contributed by atoms with Crippen LogP contribution in [0.15, 0.2) is 54.6 Å². The molecule has 3 N–H and O–H groups in total. The Labute approximate surface area is 156 Å². The van der Waals surface area contributed by atoms with E-state index in [2.05, 4.69) is 49.0 Å². The lowest BCUT2D eigenvalue weighted by molar-refractivity contribution is -0.858. The second-order valence-corrected chi connectivity index (χ2v) is 6.74. The Morgan fingerprint density at radius 3 is 2.28 bits per heavy atom. The summed E-state index contributed by atoms with van der Waals surface area (Å²) in [7, 11) is 5.99. The zero-order valence-electron chi connectivity index (χ0n) is 15.2. The van der Waals surface area contributed by atoms with E-state index in [1.54, 1.807) is 7.11 Å². The van der Waals surface area contributed by atoms with Crippen molar-refractivity contribution in [1.82, 2.24) is 10.6 Å². The van der Waals surface area contributed by atoms with E-state index in [4.69, 9.17) is 17.0 Å². The Morgan fingerprint density at radius 2 is 1.68 bits per heavy atom. The van der Waals surface area contributed by atoms with E-state index >= 15 is 0 Å². The van der Waals surface area contributed by atoms with Crippen molar-refractivity contribution in [3.05, 3.63) is 65.7 Å². The van der Waals surface area contributed by atoms with E-state index in [0.29, 0.717) is 5.11 Å². The van der Waals surface area contributed by atoms with Crippen molar-refractivity contribution >= 4 is 17.3 Å². The molecule has 1 atom stereocenters. The van der Waals surface area contributed by atoms with E-state index < -0.39 is 0 Å². The summed E-state index contributed by atoms with van der Waals surface area (Å²) in [6.45, 7) is 2.00. The van der Waals surface area contributed by atoms with Crippen molar-refractivity contribution < 1.29 is 9.64 Å². The van der Waals surface area contributed by atoms with Crippen molar-refractivity contribution in [3.63, 3.8) is 0 Å². The number of benzene rings is 2. The van der Waals surface area contributed by atoms with Crippen LogP contribution in [-0.2, 0) is 0 Å². The summed E-state index contributed by atoms with van der Waals surface area (Å²) in [4.78, 5) is 1.45. The SMILES string of the molecule is COc1ccc([C@@H](NC(=S)NCCC[NH+](C)C)c2ccccc2)cc1. The number of thiocarbonyl (C=S) groups is 1. The molecule has 25 heavy (non-hydrogen) atoms. The number of hydrogen-bond donors (Lipinski definition) is 3. The molecular formula is C20H28N3OS+. The minimum atomic E-state index is 0.00609. The minimum absolute atomic E-state index is 0.00609. The number of rotatable bonds is 8. The molecule has 0 spiro atoms. The number of ether oxygens (including phenoxy) is 1. The molecule has 2 aromatic carbocycles. The highest BCUT2D eigenvalue weighted by atomic mass is 32.1. The average Bonchev–Trinajstić information content (AvgIpc) is 2.64. The predicted molar refractivity (Wildman–Crippen MR) is 107 cm³/mol. The first-order valence-corrected chi connectivity index (χ1v) is 9.03. The zero-order chi connectivity index (χ0) is 18.1. The number of nitrogens with one attached hydrogen (secondary N) is 3. The average molecular weight is 359 g/mol. The Kier molecular flexibility index (Phi) is 7.70. The minimum Gasteiger partial charge on any atom is -0.497 e. The Balaban J connectivity index is 2.06. The summed E-state index contributed by atoms with van der Waals surface area (Å²) < 4.78 is 5.26. The highest BCUT2D eigenvalue weighted by Gasteiger charge is 2.15. The Morgan fingerprint density at radius 1 is 1.04 bits per heavy atom. The van der Waals surface area contributed by atoms with Crippen LogP contribution in [0.3, 0.4) is 0 Å². The van der Waals surface area contributed by atoms with Crippen LogP contribution < -0.4 is 20.3 Å². The van der Waals surface area contributed by atoms with Crippen molar-refractivity contribution in [3.8, 4) is 5.75 Å². The molecule has 0 aromatic heterocycles. The molecule has 0 aliphatic heterocycles. The molecule has 0 aliphatic rings. The van der Waals surface area contributed by atoms with Gasteiger partial charge in [0.15, 0.2) is 5.11 Å². The van der Waals surface area contributed by atoms with Crippen molar-refractivity contribution in [2.45, 2.75) is 12.5 Å². The lowest BCUT2D eigenvalue weighted by Gasteiger charge is -2.22. The molecule has 0 saturated carbocycles. The maximum atomic E-state index is 5.50. The van der Waals surface area contributed by atoms with Crippen molar-refractivity contribution in [1.29, 1.82) is 0 Å². The normalized spacial score (nSPS) is 11.8. The molecule has 0 radical (unpaired) electrons. The summed E-state index contributed by atoms with van der Waals surface area (Å²) in [5, 5.41) is 7.44. The van der Waals surface area contributed by atoms with Crippen LogP contribution in [0.25, 0.3) is 0 Å². The third kappa shape index (κ3) is 6.36. The van der Waals surface area contributed by atoms with E-state index in [-0.39, 0.29) is 6.04 Å². The summed E-state index contributed by atoms with van der Waals surface area (Å²) in [6.07, 6.45) is 1.09. The van der Waals surface area contributed by atoms with Gasteiger partial charge in [-0.3, -0.25) is 0 Å². The smallest absolute Gasteiger partial charge is 0.167 e. The molecule has 0 heterocycles. The van der Waals surface area contributed by atoms with Gasteiger partial charge in [0.2, 0.25) is 0 Å². The first-order valence-electron chi connectivity index (χ1n) is 8.62. The molecule has 0 amide bonds. The molecular weight excluding hydrogens is 330 g/mol. The van der Waals surface area contributed by atoms with E-state index in [1.807, 2.05) is 30.3 Å². The lowest BCUT2D eigenvalue weighted by atomic mass is 9.99. The number of methoxy groups -OCH3 is 1. The van der Waals surface area contributed by atoms with Gasteiger partial charge in [0.05, 0.1) is 33.8 Å². The Bertz CT molecular complexity index is 644. The van der Waals surface area contributed by atoms with E-state index in [0.717, 1.165) is 30.8 Å². The van der Waals surface area contributed by atoms with Gasteiger partial charge in [-0.25, -0.2) is 0 Å². The number of hydrogen-bond acceptors (Lipinski definition) is 2. The van der Waals surface area contributed by atoms with Gasteiger partial charge >= 0.3 is 0 Å². The van der Waals surface area contributed by atoms with Crippen LogP contribution in [0, 0.1) is 0 Å². The highest BCUT2D eigenvalue weighted by molar-refractivity contribution is 7.80. The van der Waals surface area contributed by atoms with Gasteiger partial charge in [0.1, 0.15) is 5.75 Å². The van der Waals surface area contributed by atoms with Crippen LogP contribution >= 0.6 is 12.2 Å².